The molecule has 0 spiro atoms. The molecular weight excluding hydrogens is 376 g/mol. The van der Waals surface area contributed by atoms with Crippen LogP contribution in [0.2, 0.25) is 0 Å². The van der Waals surface area contributed by atoms with Crippen LogP contribution in [0.25, 0.3) is 11.1 Å². The Bertz CT molecular complexity index is 966. The van der Waals surface area contributed by atoms with Crippen LogP contribution >= 0.6 is 11.8 Å². The highest BCUT2D eigenvalue weighted by atomic mass is 32.2. The average molecular weight is 396 g/mol. The van der Waals surface area contributed by atoms with Gasteiger partial charge in [-0.15, -0.1) is 0 Å². The van der Waals surface area contributed by atoms with Crippen LogP contribution in [0.3, 0.4) is 0 Å². The molecule has 1 aliphatic heterocycles. The second-order valence-corrected chi connectivity index (χ2v) is 7.96. The molecule has 144 valence electrons. The molecule has 1 unspecified atom stereocenters. The van der Waals surface area contributed by atoms with Gasteiger partial charge >= 0.3 is 0 Å². The summed E-state index contributed by atoms with van der Waals surface area (Å²) in [7, 11) is 1.91. The van der Waals surface area contributed by atoms with Crippen LogP contribution in [0.5, 0.6) is 5.75 Å². The molecule has 3 aromatic rings. The maximum absolute atomic E-state index is 11.8. The van der Waals surface area contributed by atoms with E-state index < -0.39 is 0 Å². The number of thioether (sulfide) groups is 1. The van der Waals surface area contributed by atoms with Crippen LogP contribution in [0.1, 0.15) is 12.0 Å². The molecule has 0 N–H and O–H groups in total. The van der Waals surface area contributed by atoms with Gasteiger partial charge in [-0.3, -0.25) is 9.59 Å². The van der Waals surface area contributed by atoms with Crippen LogP contribution in [0, 0.1) is 0 Å². The van der Waals surface area contributed by atoms with Crippen molar-refractivity contribution in [3.63, 3.8) is 0 Å². The van der Waals surface area contributed by atoms with E-state index in [1.807, 2.05) is 60.5 Å². The first-order chi connectivity index (χ1) is 13.6. The predicted octanol–water partition coefficient (Wildman–Crippen LogP) is 3.49. The molecule has 6 nitrogen and oxygen atoms in total. The number of aromatic nitrogens is 1. The van der Waals surface area contributed by atoms with E-state index in [0.717, 1.165) is 34.2 Å². The number of likely N-dealkylation sites (N-methyl/N-ethyl adjacent to an activating group) is 1. The molecule has 4 rings (SSSR count). The summed E-state index contributed by atoms with van der Waals surface area (Å²) in [5.41, 5.74) is 2.62. The third-order valence-electron chi connectivity index (χ3n) is 4.60. The minimum Gasteiger partial charge on any atom is -0.492 e. The summed E-state index contributed by atoms with van der Waals surface area (Å²) in [4.78, 5) is 29.5. The summed E-state index contributed by atoms with van der Waals surface area (Å²) in [6, 6.07) is 15.9. The van der Waals surface area contributed by atoms with Gasteiger partial charge in [0.15, 0.2) is 16.5 Å². The third-order valence-corrected chi connectivity index (χ3v) is 5.72. The van der Waals surface area contributed by atoms with Gasteiger partial charge in [0, 0.05) is 7.05 Å². The lowest BCUT2D eigenvalue weighted by Gasteiger charge is -2.15. The van der Waals surface area contributed by atoms with Crippen molar-refractivity contribution >= 4 is 39.8 Å². The molecule has 1 saturated heterocycles. The number of oxazole rings is 1. The summed E-state index contributed by atoms with van der Waals surface area (Å²) in [5.74, 6) is 0.786. The summed E-state index contributed by atoms with van der Waals surface area (Å²) in [6.45, 7) is 1.12. The van der Waals surface area contributed by atoms with Crippen LogP contribution < -0.4 is 9.64 Å². The molecule has 0 bridgehead atoms. The lowest BCUT2D eigenvalue weighted by atomic mass is 10.1. The van der Waals surface area contributed by atoms with E-state index in [0.29, 0.717) is 25.6 Å². The molecule has 1 aromatic heterocycles. The minimum absolute atomic E-state index is 0.0255. The van der Waals surface area contributed by atoms with E-state index in [1.165, 1.54) is 0 Å². The summed E-state index contributed by atoms with van der Waals surface area (Å²) in [5, 5.41) is -0.276. The Balaban J connectivity index is 1.27. The van der Waals surface area contributed by atoms with Gasteiger partial charge in [-0.05, 0) is 36.2 Å². The monoisotopic (exact) mass is 396 g/mol. The maximum atomic E-state index is 11.8. The van der Waals surface area contributed by atoms with Gasteiger partial charge in [0.1, 0.15) is 17.9 Å². The Morgan fingerprint density at radius 1 is 1.18 bits per heavy atom. The van der Waals surface area contributed by atoms with Crippen molar-refractivity contribution < 1.29 is 18.7 Å². The zero-order valence-corrected chi connectivity index (χ0v) is 16.3. The van der Waals surface area contributed by atoms with E-state index in [9.17, 15) is 9.59 Å². The first kappa shape index (κ1) is 18.6. The number of anilines is 1. The molecule has 0 amide bonds. The predicted molar refractivity (Wildman–Crippen MR) is 109 cm³/mol. The summed E-state index contributed by atoms with van der Waals surface area (Å²) >= 11 is 1.15. The van der Waals surface area contributed by atoms with Gasteiger partial charge in [0.25, 0.3) is 6.01 Å². The average Bonchev–Trinajstić information content (AvgIpc) is 3.26. The van der Waals surface area contributed by atoms with Gasteiger partial charge in [0.2, 0.25) is 0 Å². The number of Topliss-reactive ketones (excluding diaryl/α,β-unsaturated/α-hetero) is 1. The fourth-order valence-electron chi connectivity index (χ4n) is 3.03. The lowest BCUT2D eigenvalue weighted by Crippen LogP contribution is -2.23. The van der Waals surface area contributed by atoms with Crippen LogP contribution in [-0.4, -0.2) is 41.3 Å². The van der Waals surface area contributed by atoms with Gasteiger partial charge in [-0.25, -0.2) is 0 Å². The highest BCUT2D eigenvalue weighted by Gasteiger charge is 2.31. The zero-order chi connectivity index (χ0) is 19.5. The minimum atomic E-state index is -0.246. The molecule has 0 saturated carbocycles. The Kier molecular flexibility index (Phi) is 5.34. The Hall–Kier alpha value is -2.80. The number of ether oxygens (including phenoxy) is 1. The fourth-order valence-corrected chi connectivity index (χ4v) is 4.07. The highest BCUT2D eigenvalue weighted by Crippen LogP contribution is 2.28. The topological polar surface area (TPSA) is 72.6 Å². The van der Waals surface area contributed by atoms with Crippen LogP contribution in [0.4, 0.5) is 6.01 Å². The standard InChI is InChI=1S/C21H20N2O4S/c1-23(21-22-16-4-2-3-5-18(16)27-21)10-11-26-15-8-6-14(7-9-15)12-19-17(24)13-20(25)28-19/h2-9,19H,10-13H2,1H3. The van der Waals surface area contributed by atoms with Crippen molar-refractivity contribution in [3.8, 4) is 5.75 Å². The maximum Gasteiger partial charge on any atom is 0.298 e. The first-order valence-electron chi connectivity index (χ1n) is 9.09. The van der Waals surface area contributed by atoms with Crippen molar-refractivity contribution in [2.24, 2.45) is 0 Å². The molecule has 2 aromatic carbocycles. The summed E-state index contributed by atoms with van der Waals surface area (Å²) in [6.07, 6.45) is 0.639. The van der Waals surface area contributed by atoms with E-state index >= 15 is 0 Å². The SMILES string of the molecule is CN(CCOc1ccc(CC2SC(=O)CC2=O)cc1)c1nc2ccccc2o1. The number of carbonyl (C=O) groups is 2. The molecule has 1 fully saturated rings. The van der Waals surface area contributed by atoms with Crippen molar-refractivity contribution in [2.45, 2.75) is 18.1 Å². The van der Waals surface area contributed by atoms with Crippen molar-refractivity contribution in [1.29, 1.82) is 0 Å². The van der Waals surface area contributed by atoms with Crippen molar-refractivity contribution in [1.82, 2.24) is 4.98 Å². The molecular formula is C21H20N2O4S. The molecule has 1 atom stereocenters. The van der Waals surface area contributed by atoms with Crippen molar-refractivity contribution in [2.75, 3.05) is 25.1 Å². The number of benzene rings is 2. The molecule has 2 heterocycles. The Morgan fingerprint density at radius 2 is 1.96 bits per heavy atom. The van der Waals surface area contributed by atoms with E-state index in [-0.39, 0.29) is 22.6 Å². The fraction of sp³-hybridized carbons (Fsp3) is 0.286. The molecule has 28 heavy (non-hydrogen) atoms. The number of hydrogen-bond donors (Lipinski definition) is 0. The Labute approximate surface area is 166 Å². The van der Waals surface area contributed by atoms with Gasteiger partial charge < -0.3 is 14.1 Å². The number of nitrogens with zero attached hydrogens (tertiary/aromatic N) is 2. The highest BCUT2D eigenvalue weighted by molar-refractivity contribution is 8.15. The summed E-state index contributed by atoms with van der Waals surface area (Å²) < 4.78 is 11.5. The molecule has 0 radical (unpaired) electrons. The molecule has 7 heteroatoms. The number of carbonyl (C=O) groups excluding carboxylic acids is 2. The van der Waals surface area contributed by atoms with E-state index in [1.54, 1.807) is 0 Å². The normalized spacial score (nSPS) is 16.7. The van der Waals surface area contributed by atoms with E-state index in [4.69, 9.17) is 9.15 Å². The van der Waals surface area contributed by atoms with Crippen LogP contribution in [0.15, 0.2) is 52.9 Å². The van der Waals surface area contributed by atoms with Crippen molar-refractivity contribution in [3.05, 3.63) is 54.1 Å². The number of fused-ring (bicyclic) bond motifs is 1. The first-order valence-corrected chi connectivity index (χ1v) is 9.97. The van der Waals surface area contributed by atoms with Crippen LogP contribution in [-0.2, 0) is 16.0 Å². The van der Waals surface area contributed by atoms with Gasteiger partial charge in [-0.1, -0.05) is 36.0 Å². The second kappa shape index (κ2) is 8.06. The quantitative estimate of drug-likeness (QED) is 0.566. The van der Waals surface area contributed by atoms with Gasteiger partial charge in [-0.2, -0.15) is 4.98 Å². The number of ketones is 1. The third kappa shape index (κ3) is 4.20. The molecule has 0 aliphatic carbocycles. The zero-order valence-electron chi connectivity index (χ0n) is 15.5. The molecule has 1 aliphatic rings. The van der Waals surface area contributed by atoms with Gasteiger partial charge in [0.05, 0.1) is 18.2 Å². The number of rotatable bonds is 7. The van der Waals surface area contributed by atoms with E-state index in [2.05, 4.69) is 4.98 Å². The largest absolute Gasteiger partial charge is 0.492 e. The smallest absolute Gasteiger partial charge is 0.298 e. The number of hydrogen-bond acceptors (Lipinski definition) is 7. The second-order valence-electron chi connectivity index (χ2n) is 6.70. The Morgan fingerprint density at radius 3 is 2.68 bits per heavy atom. The number of para-hydroxylation sites is 2. The lowest BCUT2D eigenvalue weighted by molar-refractivity contribution is -0.121.